The fourth-order valence-corrected chi connectivity index (χ4v) is 3.06. The van der Waals surface area contributed by atoms with E-state index >= 15 is 0 Å². The first kappa shape index (κ1) is 21.7. The number of aliphatic imine (C=N–C) groups is 1. The molecule has 1 fully saturated rings. The van der Waals surface area contributed by atoms with Crippen LogP contribution in [0.1, 0.15) is 40.0 Å². The van der Waals surface area contributed by atoms with Crippen molar-refractivity contribution in [2.75, 3.05) is 46.9 Å². The van der Waals surface area contributed by atoms with Gasteiger partial charge < -0.3 is 20.7 Å². The number of carbonyl (C=O) groups excluding carboxylic acids is 1. The maximum Gasteiger partial charge on any atom is 0.233 e. The molecule has 7 heteroatoms. The second-order valence-electron chi connectivity index (χ2n) is 6.89. The van der Waals surface area contributed by atoms with E-state index < -0.39 is 0 Å². The first-order chi connectivity index (χ1) is 12.0. The summed E-state index contributed by atoms with van der Waals surface area (Å²) in [5.74, 6) is 1.45. The van der Waals surface area contributed by atoms with Crippen LogP contribution in [-0.4, -0.2) is 75.8 Å². The Bertz CT molecular complexity index is 406. The van der Waals surface area contributed by atoms with E-state index in [4.69, 9.17) is 4.74 Å². The summed E-state index contributed by atoms with van der Waals surface area (Å²) in [5, 5.41) is 9.57. The highest BCUT2D eigenvalue weighted by Gasteiger charge is 2.21. The summed E-state index contributed by atoms with van der Waals surface area (Å²) in [7, 11) is 3.49. The Balaban J connectivity index is 2.29. The van der Waals surface area contributed by atoms with Crippen LogP contribution in [0.4, 0.5) is 0 Å². The summed E-state index contributed by atoms with van der Waals surface area (Å²) in [5.41, 5.74) is 0. The van der Waals surface area contributed by atoms with Crippen LogP contribution in [0.3, 0.4) is 0 Å². The molecule has 3 N–H and O–H groups in total. The number of nitrogens with zero attached hydrogens (tertiary/aromatic N) is 2. The zero-order valence-corrected chi connectivity index (χ0v) is 16.6. The van der Waals surface area contributed by atoms with Crippen molar-refractivity contribution >= 4 is 11.9 Å². The zero-order valence-electron chi connectivity index (χ0n) is 16.6. The molecule has 0 aromatic carbocycles. The number of likely N-dealkylation sites (tertiary alicyclic amines) is 1. The molecular formula is C18H37N5O2. The average molecular weight is 356 g/mol. The third-order valence-corrected chi connectivity index (χ3v) is 4.64. The molecule has 0 bridgehead atoms. The number of rotatable bonds is 9. The van der Waals surface area contributed by atoms with E-state index in [1.165, 1.54) is 0 Å². The predicted molar refractivity (Wildman–Crippen MR) is 103 cm³/mol. The minimum Gasteiger partial charge on any atom is -0.378 e. The van der Waals surface area contributed by atoms with Crippen LogP contribution in [0, 0.1) is 5.92 Å². The van der Waals surface area contributed by atoms with Gasteiger partial charge in [0.2, 0.25) is 5.91 Å². The van der Waals surface area contributed by atoms with Gasteiger partial charge in [-0.05, 0) is 32.1 Å². The lowest BCUT2D eigenvalue weighted by atomic mass is 10.0. The number of ether oxygens (including phenoxy) is 1. The van der Waals surface area contributed by atoms with Crippen LogP contribution in [0.15, 0.2) is 4.99 Å². The Labute approximate surface area is 153 Å². The number of amides is 1. The van der Waals surface area contributed by atoms with Crippen LogP contribution in [0.25, 0.3) is 0 Å². The minimum absolute atomic E-state index is 0.0814. The normalized spacial score (nSPS) is 18.2. The molecule has 1 heterocycles. The van der Waals surface area contributed by atoms with Gasteiger partial charge in [-0.3, -0.25) is 14.7 Å². The van der Waals surface area contributed by atoms with Gasteiger partial charge in [-0.25, -0.2) is 0 Å². The first-order valence-corrected chi connectivity index (χ1v) is 9.51. The quantitative estimate of drug-likeness (QED) is 0.421. The average Bonchev–Trinajstić information content (AvgIpc) is 2.61. The highest BCUT2D eigenvalue weighted by atomic mass is 16.5. The van der Waals surface area contributed by atoms with Gasteiger partial charge in [0.1, 0.15) is 0 Å². The lowest BCUT2D eigenvalue weighted by Crippen LogP contribution is -2.50. The summed E-state index contributed by atoms with van der Waals surface area (Å²) in [4.78, 5) is 18.0. The van der Waals surface area contributed by atoms with Crippen LogP contribution >= 0.6 is 0 Å². The van der Waals surface area contributed by atoms with E-state index in [0.717, 1.165) is 51.5 Å². The number of guanidine groups is 1. The Morgan fingerprint density at radius 2 is 2.00 bits per heavy atom. The standard InChI is InChI=1S/C18H37N5O2/c1-6-25-16(14(2)3)7-10-21-18(20-5)22-15-8-11-23(12-9-15)13-17(24)19-4/h14-16H,6-13H2,1-5H3,(H,19,24)(H2,20,21,22). The van der Waals surface area contributed by atoms with E-state index in [2.05, 4.69) is 39.7 Å². The molecule has 25 heavy (non-hydrogen) atoms. The third kappa shape index (κ3) is 8.54. The molecule has 0 saturated carbocycles. The Morgan fingerprint density at radius 1 is 1.32 bits per heavy atom. The van der Waals surface area contributed by atoms with Crippen LogP contribution < -0.4 is 16.0 Å². The van der Waals surface area contributed by atoms with Gasteiger partial charge in [0.05, 0.1) is 12.6 Å². The summed E-state index contributed by atoms with van der Waals surface area (Å²) in [6, 6.07) is 0.403. The van der Waals surface area contributed by atoms with Crippen molar-refractivity contribution in [3.63, 3.8) is 0 Å². The van der Waals surface area contributed by atoms with Crippen molar-refractivity contribution < 1.29 is 9.53 Å². The van der Waals surface area contributed by atoms with E-state index in [0.29, 0.717) is 18.5 Å². The monoisotopic (exact) mass is 355 g/mol. The fourth-order valence-electron chi connectivity index (χ4n) is 3.06. The molecule has 1 unspecified atom stereocenters. The molecule has 7 nitrogen and oxygen atoms in total. The van der Waals surface area contributed by atoms with Gasteiger partial charge in [-0.2, -0.15) is 0 Å². The molecule has 1 saturated heterocycles. The number of likely N-dealkylation sites (N-methyl/N-ethyl adjacent to an activating group) is 1. The summed E-state index contributed by atoms with van der Waals surface area (Å²) >= 11 is 0. The number of nitrogens with one attached hydrogen (secondary N) is 3. The summed E-state index contributed by atoms with van der Waals surface area (Å²) in [6.45, 7) is 10.4. The van der Waals surface area contributed by atoms with Gasteiger partial charge >= 0.3 is 0 Å². The molecule has 0 radical (unpaired) electrons. The maximum atomic E-state index is 11.4. The molecule has 0 aliphatic carbocycles. The lowest BCUT2D eigenvalue weighted by molar-refractivity contribution is -0.122. The topological polar surface area (TPSA) is 78.0 Å². The van der Waals surface area contributed by atoms with Gasteiger partial charge in [0.25, 0.3) is 0 Å². The second-order valence-corrected chi connectivity index (χ2v) is 6.89. The zero-order chi connectivity index (χ0) is 18.7. The molecule has 1 aliphatic rings. The summed E-state index contributed by atoms with van der Waals surface area (Å²) < 4.78 is 5.78. The van der Waals surface area contributed by atoms with Crippen molar-refractivity contribution in [2.24, 2.45) is 10.9 Å². The fraction of sp³-hybridized carbons (Fsp3) is 0.889. The third-order valence-electron chi connectivity index (χ3n) is 4.64. The maximum absolute atomic E-state index is 11.4. The molecule has 0 aromatic heterocycles. The number of carbonyl (C=O) groups is 1. The predicted octanol–water partition coefficient (Wildman–Crippen LogP) is 0.813. The van der Waals surface area contributed by atoms with Crippen molar-refractivity contribution in [3.05, 3.63) is 0 Å². The van der Waals surface area contributed by atoms with Crippen molar-refractivity contribution in [2.45, 2.75) is 52.2 Å². The molecule has 1 amide bonds. The van der Waals surface area contributed by atoms with Gasteiger partial charge in [0.15, 0.2) is 5.96 Å². The van der Waals surface area contributed by atoms with Crippen molar-refractivity contribution in [1.82, 2.24) is 20.9 Å². The SMILES string of the molecule is CCOC(CCNC(=NC)NC1CCN(CC(=O)NC)CC1)C(C)C. The minimum atomic E-state index is 0.0814. The van der Waals surface area contributed by atoms with Gasteiger partial charge in [-0.1, -0.05) is 13.8 Å². The molecule has 1 aliphatic heterocycles. The van der Waals surface area contributed by atoms with E-state index in [1.54, 1.807) is 14.1 Å². The van der Waals surface area contributed by atoms with Crippen LogP contribution in [0.5, 0.6) is 0 Å². The van der Waals surface area contributed by atoms with Crippen LogP contribution in [-0.2, 0) is 9.53 Å². The highest BCUT2D eigenvalue weighted by Crippen LogP contribution is 2.11. The lowest BCUT2D eigenvalue weighted by Gasteiger charge is -2.32. The largest absolute Gasteiger partial charge is 0.378 e. The van der Waals surface area contributed by atoms with Crippen LogP contribution in [0.2, 0.25) is 0 Å². The number of hydrogen-bond acceptors (Lipinski definition) is 4. The first-order valence-electron chi connectivity index (χ1n) is 9.51. The van der Waals surface area contributed by atoms with Gasteiger partial charge in [0, 0.05) is 46.4 Å². The van der Waals surface area contributed by atoms with E-state index in [-0.39, 0.29) is 12.0 Å². The molecular weight excluding hydrogens is 318 g/mol. The number of piperidine rings is 1. The van der Waals surface area contributed by atoms with Gasteiger partial charge in [-0.15, -0.1) is 0 Å². The van der Waals surface area contributed by atoms with E-state index in [9.17, 15) is 4.79 Å². The molecule has 0 spiro atoms. The van der Waals surface area contributed by atoms with Crippen molar-refractivity contribution in [3.8, 4) is 0 Å². The molecule has 146 valence electrons. The van der Waals surface area contributed by atoms with E-state index in [1.807, 2.05) is 6.92 Å². The Morgan fingerprint density at radius 3 is 2.52 bits per heavy atom. The smallest absolute Gasteiger partial charge is 0.233 e. The molecule has 1 atom stereocenters. The highest BCUT2D eigenvalue weighted by molar-refractivity contribution is 5.80. The number of hydrogen-bond donors (Lipinski definition) is 3. The van der Waals surface area contributed by atoms with Crippen molar-refractivity contribution in [1.29, 1.82) is 0 Å². The summed E-state index contributed by atoms with van der Waals surface area (Å²) in [6.07, 6.45) is 3.29. The molecule has 1 rings (SSSR count). The second kappa shape index (κ2) is 12.1. The molecule has 0 aromatic rings. The Kier molecular flexibility index (Phi) is 10.5. The Hall–Kier alpha value is -1.34.